The van der Waals surface area contributed by atoms with Gasteiger partial charge in [0.2, 0.25) is 0 Å². The van der Waals surface area contributed by atoms with Gasteiger partial charge in [-0.15, -0.1) is 0 Å². The Morgan fingerprint density at radius 1 is 1.25 bits per heavy atom. The first-order chi connectivity index (χ1) is 11.5. The van der Waals surface area contributed by atoms with E-state index in [-0.39, 0.29) is 12.6 Å². The Bertz CT molecular complexity index is 756. The van der Waals surface area contributed by atoms with Crippen molar-refractivity contribution in [2.45, 2.75) is 17.4 Å². The molecule has 1 aliphatic heterocycles. The van der Waals surface area contributed by atoms with E-state index in [1.165, 1.54) is 5.56 Å². The summed E-state index contributed by atoms with van der Waals surface area (Å²) in [5.41, 5.74) is 2.33. The van der Waals surface area contributed by atoms with Gasteiger partial charge in [0.1, 0.15) is 6.61 Å². The van der Waals surface area contributed by atoms with Crippen LogP contribution in [0.25, 0.3) is 0 Å². The van der Waals surface area contributed by atoms with Gasteiger partial charge < -0.3 is 14.1 Å². The number of para-hydroxylation sites is 1. The van der Waals surface area contributed by atoms with Crippen molar-refractivity contribution in [3.63, 3.8) is 0 Å². The van der Waals surface area contributed by atoms with Crippen molar-refractivity contribution in [2.24, 2.45) is 0 Å². The van der Waals surface area contributed by atoms with Crippen molar-refractivity contribution in [1.29, 1.82) is 0 Å². The largest absolute Gasteiger partial charge is 0.480 e. The van der Waals surface area contributed by atoms with E-state index in [4.69, 9.17) is 33.0 Å². The normalized spacial score (nSPS) is 16.2. The molecule has 4 nitrogen and oxygen atoms in total. The van der Waals surface area contributed by atoms with E-state index in [0.29, 0.717) is 16.7 Å². The minimum Gasteiger partial charge on any atom is -0.480 e. The van der Waals surface area contributed by atoms with Gasteiger partial charge in [0, 0.05) is 4.90 Å². The summed E-state index contributed by atoms with van der Waals surface area (Å²) in [6.45, 7) is 0.0490. The van der Waals surface area contributed by atoms with Gasteiger partial charge in [-0.1, -0.05) is 41.4 Å². The smallest absolute Gasteiger partial charge is 0.329 e. The molecule has 0 radical (unpaired) electrons. The minimum absolute atomic E-state index is 0.0567. The summed E-state index contributed by atoms with van der Waals surface area (Å²) in [5, 5.41) is 9.77. The van der Waals surface area contributed by atoms with E-state index < -0.39 is 5.97 Å². The molecule has 0 bridgehead atoms. The maximum absolute atomic E-state index is 10.7. The van der Waals surface area contributed by atoms with E-state index in [1.807, 2.05) is 24.3 Å². The monoisotopic (exact) mass is 383 g/mol. The number of halogens is 2. The fourth-order valence-corrected chi connectivity index (χ4v) is 4.06. The summed E-state index contributed by atoms with van der Waals surface area (Å²) in [5.74, 6) is -0.964. The molecule has 0 saturated carbocycles. The molecule has 126 valence electrons. The molecule has 1 atom stereocenters. The molecule has 0 saturated heterocycles. The van der Waals surface area contributed by atoms with Gasteiger partial charge in [-0.05, 0) is 48.2 Å². The quantitative estimate of drug-likeness (QED) is 0.742. The predicted molar refractivity (Wildman–Crippen MR) is 97.2 cm³/mol. The molecule has 0 aromatic heterocycles. The van der Waals surface area contributed by atoms with Crippen LogP contribution in [0, 0.1) is 0 Å². The number of benzene rings is 2. The molecule has 2 aromatic rings. The van der Waals surface area contributed by atoms with Crippen LogP contribution in [0.4, 0.5) is 5.69 Å². The Labute approximate surface area is 154 Å². The lowest BCUT2D eigenvalue weighted by atomic mass is 10.1. The zero-order valence-corrected chi connectivity index (χ0v) is 14.9. The first-order valence-electron chi connectivity index (χ1n) is 7.34. The Morgan fingerprint density at radius 3 is 2.79 bits per heavy atom. The molecule has 0 amide bonds. The molecule has 0 aliphatic carbocycles. The summed E-state index contributed by atoms with van der Waals surface area (Å²) in [6, 6.07) is 13.7. The number of aliphatic carboxylic acids is 1. The number of carboxylic acids is 1. The van der Waals surface area contributed by atoms with Crippen LogP contribution in [0.1, 0.15) is 5.56 Å². The van der Waals surface area contributed by atoms with Crippen LogP contribution in [0.5, 0.6) is 0 Å². The number of nitrogens with zero attached hydrogens (tertiary/aromatic N) is 1. The van der Waals surface area contributed by atoms with Gasteiger partial charge in [0.15, 0.2) is 0 Å². The molecular weight excluding hydrogens is 369 g/mol. The topological polar surface area (TPSA) is 49.8 Å². The summed E-state index contributed by atoms with van der Waals surface area (Å²) in [4.78, 5) is 11.6. The molecule has 7 heteroatoms. The third kappa shape index (κ3) is 3.98. The first-order valence-corrected chi connectivity index (χ1v) is 8.87. The lowest BCUT2D eigenvalue weighted by Crippen LogP contribution is -2.31. The van der Waals surface area contributed by atoms with E-state index in [9.17, 15) is 4.79 Å². The molecule has 3 rings (SSSR count). The van der Waals surface area contributed by atoms with Crippen molar-refractivity contribution in [2.75, 3.05) is 17.5 Å². The van der Waals surface area contributed by atoms with Gasteiger partial charge in [-0.2, -0.15) is 0 Å². The van der Waals surface area contributed by atoms with Crippen LogP contribution in [0.3, 0.4) is 0 Å². The Hall–Kier alpha value is -1.40. The van der Waals surface area contributed by atoms with Gasteiger partial charge in [-0.25, -0.2) is 4.79 Å². The van der Waals surface area contributed by atoms with Gasteiger partial charge in [0.05, 0.1) is 28.4 Å². The van der Waals surface area contributed by atoms with Gasteiger partial charge in [0.25, 0.3) is 0 Å². The zero-order chi connectivity index (χ0) is 17.1. The van der Waals surface area contributed by atoms with Crippen LogP contribution < -0.4 is 4.31 Å². The molecule has 0 fully saturated rings. The van der Waals surface area contributed by atoms with Crippen molar-refractivity contribution in [3.8, 4) is 0 Å². The summed E-state index contributed by atoms with van der Waals surface area (Å²) < 4.78 is 7.47. The van der Waals surface area contributed by atoms with Crippen LogP contribution in [0.15, 0.2) is 47.4 Å². The highest BCUT2D eigenvalue weighted by atomic mass is 35.5. The molecule has 1 heterocycles. The second kappa shape index (κ2) is 7.66. The number of rotatable bonds is 6. The van der Waals surface area contributed by atoms with Crippen LogP contribution >= 0.6 is 35.1 Å². The lowest BCUT2D eigenvalue weighted by Gasteiger charge is -2.26. The molecule has 1 N–H and O–H groups in total. The average molecular weight is 384 g/mol. The number of hydrogen-bond donors (Lipinski definition) is 1. The fourth-order valence-electron chi connectivity index (χ4n) is 2.61. The Morgan fingerprint density at radius 2 is 2.04 bits per heavy atom. The number of carbonyl (C=O) groups is 1. The Balaban J connectivity index is 1.79. The highest BCUT2D eigenvalue weighted by Crippen LogP contribution is 2.41. The molecule has 0 spiro atoms. The van der Waals surface area contributed by atoms with Crippen molar-refractivity contribution < 1.29 is 14.6 Å². The fraction of sp³-hybridized carbons (Fsp3) is 0.235. The third-order valence-electron chi connectivity index (χ3n) is 3.65. The van der Waals surface area contributed by atoms with Crippen molar-refractivity contribution >= 4 is 46.8 Å². The van der Waals surface area contributed by atoms with Crippen LogP contribution in [-0.4, -0.2) is 30.3 Å². The first kappa shape index (κ1) is 17.4. The standard InChI is InChI=1S/C17H15Cl2NO3S/c18-14-6-5-13(8-15(14)19)24-20-12(9-23-10-17(21)22)7-11-3-1-2-4-16(11)20/h1-6,8,12H,7,9-10H2,(H,21,22). The Kier molecular flexibility index (Phi) is 5.56. The number of fused-ring (bicyclic) bond motifs is 1. The number of ether oxygens (including phenoxy) is 1. The number of carboxylic acid groups (broad SMARTS) is 1. The summed E-state index contributed by atoms with van der Waals surface area (Å²) in [6.07, 6.45) is 0.810. The molecule has 1 unspecified atom stereocenters. The zero-order valence-electron chi connectivity index (χ0n) is 12.6. The van der Waals surface area contributed by atoms with Crippen molar-refractivity contribution in [3.05, 3.63) is 58.1 Å². The van der Waals surface area contributed by atoms with Crippen molar-refractivity contribution in [1.82, 2.24) is 0 Å². The molecule has 1 aliphatic rings. The van der Waals surface area contributed by atoms with E-state index in [1.54, 1.807) is 18.0 Å². The average Bonchev–Trinajstić information content (AvgIpc) is 2.89. The minimum atomic E-state index is -0.964. The van der Waals surface area contributed by atoms with Gasteiger partial charge >= 0.3 is 5.97 Å². The maximum Gasteiger partial charge on any atom is 0.329 e. The maximum atomic E-state index is 10.7. The van der Waals surface area contributed by atoms with Crippen LogP contribution in [0.2, 0.25) is 10.0 Å². The number of anilines is 1. The van der Waals surface area contributed by atoms with E-state index >= 15 is 0 Å². The van der Waals surface area contributed by atoms with Gasteiger partial charge in [-0.3, -0.25) is 0 Å². The van der Waals surface area contributed by atoms with E-state index in [0.717, 1.165) is 17.0 Å². The lowest BCUT2D eigenvalue weighted by molar-refractivity contribution is -0.142. The van der Waals surface area contributed by atoms with Crippen LogP contribution in [-0.2, 0) is 16.0 Å². The van der Waals surface area contributed by atoms with E-state index in [2.05, 4.69) is 16.4 Å². The highest BCUT2D eigenvalue weighted by molar-refractivity contribution is 8.00. The second-order valence-electron chi connectivity index (χ2n) is 5.39. The summed E-state index contributed by atoms with van der Waals surface area (Å²) in [7, 11) is 0. The molecule has 2 aromatic carbocycles. The highest BCUT2D eigenvalue weighted by Gasteiger charge is 2.30. The number of hydrogen-bond acceptors (Lipinski definition) is 4. The summed E-state index contributed by atoms with van der Waals surface area (Å²) >= 11 is 13.6. The SMILES string of the molecule is O=C(O)COCC1Cc2ccccc2N1Sc1ccc(Cl)c(Cl)c1. The third-order valence-corrected chi connectivity index (χ3v) is 5.54. The second-order valence-corrected chi connectivity index (χ2v) is 7.25. The molecular formula is C17H15Cl2NO3S. The molecule has 24 heavy (non-hydrogen) atoms. The predicted octanol–water partition coefficient (Wildman–Crippen LogP) is 4.53.